The van der Waals surface area contributed by atoms with Crippen molar-refractivity contribution < 1.29 is 39.3 Å². The van der Waals surface area contributed by atoms with Crippen molar-refractivity contribution in [2.45, 2.75) is 12.5 Å². The Morgan fingerprint density at radius 1 is 1.18 bits per heavy atom. The van der Waals surface area contributed by atoms with E-state index in [-0.39, 0.29) is 6.54 Å². The van der Waals surface area contributed by atoms with E-state index in [0.717, 1.165) is 0 Å². The average Bonchev–Trinajstić information content (AvgIpc) is 1.98. The summed E-state index contributed by atoms with van der Waals surface area (Å²) in [6, 6.07) is 0. The summed E-state index contributed by atoms with van der Waals surface area (Å²) in [5, 5.41) is 34.0. The Hall–Kier alpha value is -1.67. The largest absolute Gasteiger partial charge is 0.544 e. The zero-order valence-electron chi connectivity index (χ0n) is 9.91. The molecule has 0 aromatic rings. The number of carbonyl (C=O) groups is 3. The van der Waals surface area contributed by atoms with Gasteiger partial charge >= 0.3 is 11.9 Å². The van der Waals surface area contributed by atoms with Gasteiger partial charge in [0.1, 0.15) is 6.54 Å². The second-order valence-electron chi connectivity index (χ2n) is 4.27. The van der Waals surface area contributed by atoms with Crippen LogP contribution in [0.25, 0.3) is 0 Å². The van der Waals surface area contributed by atoms with Crippen LogP contribution >= 0.6 is 0 Å². The van der Waals surface area contributed by atoms with Crippen molar-refractivity contribution in [2.75, 3.05) is 27.7 Å². The maximum absolute atomic E-state index is 9.89. The van der Waals surface area contributed by atoms with Gasteiger partial charge in [-0.3, -0.25) is 4.79 Å². The van der Waals surface area contributed by atoms with Gasteiger partial charge in [-0.25, -0.2) is 4.79 Å². The quantitative estimate of drug-likeness (QED) is 0.454. The maximum Gasteiger partial charge on any atom is 0.333 e. The van der Waals surface area contributed by atoms with E-state index in [2.05, 4.69) is 0 Å². The highest BCUT2D eigenvalue weighted by molar-refractivity contribution is 5.79. The van der Waals surface area contributed by atoms with Crippen LogP contribution in [0.1, 0.15) is 6.42 Å². The summed E-state index contributed by atoms with van der Waals surface area (Å²) in [7, 11) is 5.40. The van der Waals surface area contributed by atoms with E-state index in [9.17, 15) is 19.5 Å². The normalized spacial score (nSPS) is 12.0. The van der Waals surface area contributed by atoms with Gasteiger partial charge in [0.05, 0.1) is 33.5 Å². The van der Waals surface area contributed by atoms with Crippen LogP contribution < -0.4 is 5.11 Å². The molecule has 0 radical (unpaired) electrons. The Bertz CT molecular complexity index is 282. The molecule has 0 aromatic heterocycles. The number of nitrogens with zero attached hydrogens (tertiary/aromatic N) is 1. The first-order chi connectivity index (χ1) is 7.45. The number of carbonyl (C=O) groups excluding carboxylic acids is 1. The number of likely N-dealkylation sites (N-methyl/N-ethyl adjacent to an activating group) is 1. The van der Waals surface area contributed by atoms with Crippen LogP contribution in [-0.4, -0.2) is 71.5 Å². The molecule has 0 bridgehead atoms. The van der Waals surface area contributed by atoms with Gasteiger partial charge in [0.25, 0.3) is 0 Å². The van der Waals surface area contributed by atoms with E-state index in [1.807, 2.05) is 0 Å². The highest BCUT2D eigenvalue weighted by Crippen LogP contribution is 1.89. The van der Waals surface area contributed by atoms with E-state index < -0.39 is 30.4 Å². The number of aliphatic carboxylic acids is 3. The van der Waals surface area contributed by atoms with Crippen LogP contribution in [-0.2, 0) is 14.4 Å². The van der Waals surface area contributed by atoms with Gasteiger partial charge in [-0.2, -0.15) is 0 Å². The first kappa shape index (κ1) is 17.7. The van der Waals surface area contributed by atoms with Crippen molar-refractivity contribution in [1.29, 1.82) is 0 Å². The average molecular weight is 251 g/mol. The fourth-order valence-corrected chi connectivity index (χ4v) is 0.640. The molecule has 1 atom stereocenters. The van der Waals surface area contributed by atoms with Gasteiger partial charge in [0, 0.05) is 0 Å². The molecule has 3 N–H and O–H groups in total. The van der Waals surface area contributed by atoms with E-state index in [0.29, 0.717) is 4.48 Å². The van der Waals surface area contributed by atoms with E-state index in [1.165, 1.54) is 0 Å². The van der Waals surface area contributed by atoms with Gasteiger partial charge in [0.15, 0.2) is 6.10 Å². The molecule has 0 saturated carbocycles. The van der Waals surface area contributed by atoms with Crippen LogP contribution in [0.15, 0.2) is 0 Å². The van der Waals surface area contributed by atoms with Crippen LogP contribution in [0.5, 0.6) is 0 Å². The molecule has 100 valence electrons. The molecule has 0 aliphatic heterocycles. The molecule has 0 aromatic carbocycles. The van der Waals surface area contributed by atoms with E-state index >= 15 is 0 Å². The molecule has 0 rings (SSSR count). The molecule has 1 unspecified atom stereocenters. The number of carboxylic acid groups (broad SMARTS) is 3. The highest BCUT2D eigenvalue weighted by atomic mass is 16.4. The first-order valence-corrected chi connectivity index (χ1v) is 4.58. The Morgan fingerprint density at radius 3 is 1.65 bits per heavy atom. The smallest absolute Gasteiger partial charge is 0.333 e. The molecule has 8 heteroatoms. The Balaban J connectivity index is 0. The topological polar surface area (TPSA) is 135 Å². The number of hydrogen-bond acceptors (Lipinski definition) is 5. The van der Waals surface area contributed by atoms with E-state index in [4.69, 9.17) is 15.3 Å². The minimum Gasteiger partial charge on any atom is -0.544 e. The molecular formula is C9H17NO7. The van der Waals surface area contributed by atoms with Crippen molar-refractivity contribution in [2.24, 2.45) is 0 Å². The summed E-state index contributed by atoms with van der Waals surface area (Å²) in [6.07, 6.45) is -2.54. The SMILES string of the molecule is C[N+](C)(C)CC(=O)[O-].O=C(O)CC(O)C(=O)O. The predicted octanol–water partition coefficient (Wildman–Crippen LogP) is -2.65. The Morgan fingerprint density at radius 2 is 1.59 bits per heavy atom. The van der Waals surface area contributed by atoms with E-state index in [1.54, 1.807) is 21.1 Å². The molecular weight excluding hydrogens is 234 g/mol. The fraction of sp³-hybridized carbons (Fsp3) is 0.667. The van der Waals surface area contributed by atoms with Crippen LogP contribution in [0.4, 0.5) is 0 Å². The van der Waals surface area contributed by atoms with Crippen LogP contribution in [0.2, 0.25) is 0 Å². The third-order valence-corrected chi connectivity index (χ3v) is 1.26. The molecule has 0 heterocycles. The third-order valence-electron chi connectivity index (χ3n) is 1.26. The second kappa shape index (κ2) is 7.58. The fourth-order valence-electron chi connectivity index (χ4n) is 0.640. The van der Waals surface area contributed by atoms with Crippen molar-refractivity contribution in [3.8, 4) is 0 Å². The zero-order valence-corrected chi connectivity index (χ0v) is 9.91. The van der Waals surface area contributed by atoms with Crippen molar-refractivity contribution in [3.63, 3.8) is 0 Å². The van der Waals surface area contributed by atoms with Crippen molar-refractivity contribution in [3.05, 3.63) is 0 Å². The number of rotatable bonds is 5. The number of aliphatic hydroxyl groups is 1. The number of carboxylic acids is 3. The number of aliphatic hydroxyl groups excluding tert-OH is 1. The minimum atomic E-state index is -1.79. The van der Waals surface area contributed by atoms with Crippen LogP contribution in [0.3, 0.4) is 0 Å². The lowest BCUT2D eigenvalue weighted by molar-refractivity contribution is -0.864. The first-order valence-electron chi connectivity index (χ1n) is 4.58. The van der Waals surface area contributed by atoms with Crippen molar-refractivity contribution in [1.82, 2.24) is 0 Å². The van der Waals surface area contributed by atoms with Gasteiger partial charge < -0.3 is 29.7 Å². The molecule has 0 saturated heterocycles. The number of hydrogen-bond donors (Lipinski definition) is 3. The van der Waals surface area contributed by atoms with Gasteiger partial charge in [-0.1, -0.05) is 0 Å². The van der Waals surface area contributed by atoms with Gasteiger partial charge in [-0.15, -0.1) is 0 Å². The Kier molecular flexibility index (Phi) is 7.90. The lowest BCUT2D eigenvalue weighted by Gasteiger charge is -2.23. The van der Waals surface area contributed by atoms with Gasteiger partial charge in [0.2, 0.25) is 0 Å². The summed E-state index contributed by atoms with van der Waals surface area (Å²) in [5.74, 6) is -3.85. The second-order valence-corrected chi connectivity index (χ2v) is 4.27. The monoisotopic (exact) mass is 251 g/mol. The lowest BCUT2D eigenvalue weighted by Crippen LogP contribution is -2.45. The summed E-state index contributed by atoms with van der Waals surface area (Å²) >= 11 is 0. The summed E-state index contributed by atoms with van der Waals surface area (Å²) < 4.78 is 0.419. The standard InChI is InChI=1S/C5H11NO2.C4H6O5/c1-6(2,3)4-5(7)8;5-2(4(8)9)1-3(6)7/h4H2,1-3H3;2,5H,1H2,(H,6,7)(H,8,9). The maximum atomic E-state index is 9.89. The zero-order chi connectivity index (χ0) is 14.2. The highest BCUT2D eigenvalue weighted by Gasteiger charge is 2.16. The molecule has 0 amide bonds. The molecule has 0 spiro atoms. The molecule has 8 nitrogen and oxygen atoms in total. The molecule has 0 aliphatic rings. The van der Waals surface area contributed by atoms with Crippen LogP contribution in [0, 0.1) is 0 Å². The molecule has 17 heavy (non-hydrogen) atoms. The lowest BCUT2D eigenvalue weighted by atomic mass is 10.3. The summed E-state index contributed by atoms with van der Waals surface area (Å²) in [4.78, 5) is 29.3. The Labute approximate surface area is 98.3 Å². The minimum absolute atomic E-state index is 0.0694. The third kappa shape index (κ3) is 17.0. The summed E-state index contributed by atoms with van der Waals surface area (Å²) in [6.45, 7) is 0.0694. The number of quaternary nitrogens is 1. The van der Waals surface area contributed by atoms with Gasteiger partial charge in [-0.05, 0) is 0 Å². The summed E-state index contributed by atoms with van der Waals surface area (Å²) in [5.41, 5.74) is 0. The molecule has 0 fully saturated rings. The molecule has 0 aliphatic carbocycles. The van der Waals surface area contributed by atoms with Crippen molar-refractivity contribution >= 4 is 17.9 Å². The predicted molar refractivity (Wildman–Crippen MR) is 53.8 cm³/mol.